The van der Waals surface area contributed by atoms with E-state index in [4.69, 9.17) is 14.2 Å². The summed E-state index contributed by atoms with van der Waals surface area (Å²) in [5.41, 5.74) is 2.95. The van der Waals surface area contributed by atoms with Crippen molar-refractivity contribution >= 4 is 17.6 Å². The van der Waals surface area contributed by atoms with Crippen molar-refractivity contribution < 1.29 is 23.8 Å². The van der Waals surface area contributed by atoms with Gasteiger partial charge >= 0.3 is 6.03 Å². The molecule has 2 aromatic rings. The Morgan fingerprint density at radius 1 is 1.07 bits per heavy atom. The first-order valence-corrected chi connectivity index (χ1v) is 10.1. The van der Waals surface area contributed by atoms with E-state index in [-0.39, 0.29) is 12.5 Å². The van der Waals surface area contributed by atoms with Crippen molar-refractivity contribution in [2.75, 3.05) is 38.2 Å². The first-order chi connectivity index (χ1) is 14.6. The number of nitrogens with one attached hydrogen (secondary N) is 2. The van der Waals surface area contributed by atoms with Gasteiger partial charge in [-0.1, -0.05) is 6.07 Å². The topological polar surface area (TPSA) is 89.1 Å². The molecule has 158 valence electrons. The maximum Gasteiger partial charge on any atom is 0.325 e. The number of nitrogens with zero attached hydrogens (tertiary/aromatic N) is 1. The number of carbonyl (C=O) groups is 2. The van der Waals surface area contributed by atoms with Crippen LogP contribution in [-0.4, -0.2) is 49.7 Å². The summed E-state index contributed by atoms with van der Waals surface area (Å²) in [6.07, 6.45) is 0.860. The lowest BCUT2D eigenvalue weighted by molar-refractivity contribution is -0.121. The number of rotatable bonds is 5. The Labute approximate surface area is 175 Å². The highest BCUT2D eigenvalue weighted by Crippen LogP contribution is 2.32. The number of urea groups is 1. The molecule has 4 rings (SSSR count). The van der Waals surface area contributed by atoms with Gasteiger partial charge in [0.15, 0.2) is 11.5 Å². The molecule has 8 heteroatoms. The zero-order chi connectivity index (χ0) is 20.9. The summed E-state index contributed by atoms with van der Waals surface area (Å²) in [6, 6.07) is 10.6. The van der Waals surface area contributed by atoms with Gasteiger partial charge in [-0.05, 0) is 48.7 Å². The summed E-state index contributed by atoms with van der Waals surface area (Å²) in [5.74, 6) is 1.70. The van der Waals surface area contributed by atoms with Crippen molar-refractivity contribution in [3.8, 4) is 17.2 Å². The van der Waals surface area contributed by atoms with E-state index in [1.54, 1.807) is 18.2 Å². The molecule has 2 N–H and O–H groups in total. The number of carbonyl (C=O) groups excluding carboxylic acids is 2. The van der Waals surface area contributed by atoms with Crippen LogP contribution in [0.1, 0.15) is 18.1 Å². The molecule has 0 bridgehead atoms. The van der Waals surface area contributed by atoms with E-state index in [0.717, 1.165) is 24.3 Å². The molecule has 8 nitrogen and oxygen atoms in total. The third kappa shape index (κ3) is 4.83. The molecule has 2 aliphatic rings. The average Bonchev–Trinajstić information content (AvgIpc) is 2.73. The maximum atomic E-state index is 12.3. The van der Waals surface area contributed by atoms with Crippen molar-refractivity contribution in [1.29, 1.82) is 0 Å². The lowest BCUT2D eigenvalue weighted by Crippen LogP contribution is -2.43. The maximum absolute atomic E-state index is 12.3. The lowest BCUT2D eigenvalue weighted by atomic mass is 9.99. The Morgan fingerprint density at radius 3 is 2.73 bits per heavy atom. The normalized spacial score (nSPS) is 15.1. The van der Waals surface area contributed by atoms with Crippen LogP contribution in [0.4, 0.5) is 10.5 Å². The largest absolute Gasteiger partial charge is 0.494 e. The summed E-state index contributed by atoms with van der Waals surface area (Å²) in [6.45, 7) is 5.09. The van der Waals surface area contributed by atoms with Gasteiger partial charge in [-0.3, -0.25) is 15.0 Å². The van der Waals surface area contributed by atoms with Gasteiger partial charge in [0, 0.05) is 24.8 Å². The van der Waals surface area contributed by atoms with Crippen molar-refractivity contribution in [1.82, 2.24) is 10.2 Å². The molecule has 2 aliphatic heterocycles. The van der Waals surface area contributed by atoms with Crippen LogP contribution in [0.25, 0.3) is 0 Å². The fraction of sp³-hybridized carbons (Fsp3) is 0.364. The minimum atomic E-state index is -0.576. The van der Waals surface area contributed by atoms with Gasteiger partial charge in [0.05, 0.1) is 13.2 Å². The van der Waals surface area contributed by atoms with Gasteiger partial charge in [0.25, 0.3) is 0 Å². The van der Waals surface area contributed by atoms with Gasteiger partial charge in [-0.2, -0.15) is 0 Å². The quantitative estimate of drug-likeness (QED) is 0.786. The van der Waals surface area contributed by atoms with E-state index >= 15 is 0 Å². The first kappa shape index (κ1) is 20.0. The van der Waals surface area contributed by atoms with Crippen LogP contribution in [0.5, 0.6) is 17.2 Å². The van der Waals surface area contributed by atoms with Gasteiger partial charge < -0.3 is 19.5 Å². The third-order valence-electron chi connectivity index (χ3n) is 5.00. The summed E-state index contributed by atoms with van der Waals surface area (Å²) < 4.78 is 16.5. The predicted octanol–water partition coefficient (Wildman–Crippen LogP) is 2.56. The molecule has 0 aromatic heterocycles. The molecular weight excluding hydrogens is 386 g/mol. The highest BCUT2D eigenvalue weighted by Gasteiger charge is 2.20. The standard InChI is InChI=1S/C22H25N3O5/c1-2-28-18-5-3-15-7-8-25(13-16(15)11-18)14-21(26)24-22(27)23-17-4-6-19-20(12-17)30-10-9-29-19/h3-6,11-12H,2,7-10,13-14H2,1H3,(H2,23,24,26,27). The number of anilines is 1. The molecule has 0 radical (unpaired) electrons. The highest BCUT2D eigenvalue weighted by atomic mass is 16.6. The molecule has 0 saturated heterocycles. The molecule has 0 fully saturated rings. The zero-order valence-corrected chi connectivity index (χ0v) is 16.9. The fourth-order valence-corrected chi connectivity index (χ4v) is 3.64. The number of fused-ring (bicyclic) bond motifs is 2. The van der Waals surface area contributed by atoms with Crippen LogP contribution < -0.4 is 24.8 Å². The minimum Gasteiger partial charge on any atom is -0.494 e. The number of amides is 3. The van der Waals surface area contributed by atoms with Crippen LogP contribution >= 0.6 is 0 Å². The third-order valence-corrected chi connectivity index (χ3v) is 5.00. The van der Waals surface area contributed by atoms with Crippen molar-refractivity contribution in [3.63, 3.8) is 0 Å². The smallest absolute Gasteiger partial charge is 0.325 e. The van der Waals surface area contributed by atoms with Crippen LogP contribution in [0.15, 0.2) is 36.4 Å². The second kappa shape index (κ2) is 9.04. The highest BCUT2D eigenvalue weighted by molar-refractivity contribution is 6.01. The molecule has 0 spiro atoms. The number of hydrogen-bond donors (Lipinski definition) is 2. The fourth-order valence-electron chi connectivity index (χ4n) is 3.64. The number of benzene rings is 2. The SMILES string of the molecule is CCOc1ccc2c(c1)CN(CC(=O)NC(=O)Nc1ccc3c(c1)OCCO3)CC2. The molecule has 0 unspecified atom stereocenters. The predicted molar refractivity (Wildman–Crippen MR) is 111 cm³/mol. The molecule has 2 aromatic carbocycles. The molecule has 0 aliphatic carbocycles. The molecular formula is C22H25N3O5. The summed E-state index contributed by atoms with van der Waals surface area (Å²) >= 11 is 0. The van der Waals surface area contributed by atoms with Gasteiger partial charge in [-0.25, -0.2) is 4.79 Å². The van der Waals surface area contributed by atoms with E-state index in [0.29, 0.717) is 43.6 Å². The van der Waals surface area contributed by atoms with Crippen LogP contribution in [0, 0.1) is 0 Å². The monoisotopic (exact) mass is 411 g/mol. The first-order valence-electron chi connectivity index (χ1n) is 10.1. The van der Waals surface area contributed by atoms with E-state index in [1.165, 1.54) is 5.56 Å². The molecule has 0 atom stereocenters. The minimum absolute atomic E-state index is 0.146. The van der Waals surface area contributed by atoms with E-state index in [9.17, 15) is 9.59 Å². The molecule has 3 amide bonds. The Balaban J connectivity index is 1.29. The van der Waals surface area contributed by atoms with Crippen molar-refractivity contribution in [2.24, 2.45) is 0 Å². The summed E-state index contributed by atoms with van der Waals surface area (Å²) in [7, 11) is 0. The molecule has 2 heterocycles. The average molecular weight is 411 g/mol. The lowest BCUT2D eigenvalue weighted by Gasteiger charge is -2.28. The van der Waals surface area contributed by atoms with E-state index < -0.39 is 6.03 Å². The van der Waals surface area contributed by atoms with Crippen molar-refractivity contribution in [2.45, 2.75) is 19.9 Å². The summed E-state index contributed by atoms with van der Waals surface area (Å²) in [5, 5.41) is 5.04. The van der Waals surface area contributed by atoms with Crippen molar-refractivity contribution in [3.05, 3.63) is 47.5 Å². The Kier molecular flexibility index (Phi) is 6.04. The zero-order valence-electron chi connectivity index (χ0n) is 16.9. The van der Waals surface area contributed by atoms with Gasteiger partial charge in [0.1, 0.15) is 19.0 Å². The summed E-state index contributed by atoms with van der Waals surface area (Å²) in [4.78, 5) is 26.6. The second-order valence-electron chi connectivity index (χ2n) is 7.18. The van der Waals surface area contributed by atoms with Gasteiger partial charge in [-0.15, -0.1) is 0 Å². The van der Waals surface area contributed by atoms with Gasteiger partial charge in [0.2, 0.25) is 5.91 Å². The van der Waals surface area contributed by atoms with Crippen LogP contribution in [0.3, 0.4) is 0 Å². The Bertz CT molecular complexity index is 946. The number of imide groups is 1. The van der Waals surface area contributed by atoms with E-state index in [1.807, 2.05) is 24.0 Å². The molecule has 30 heavy (non-hydrogen) atoms. The molecule has 0 saturated carbocycles. The second-order valence-corrected chi connectivity index (χ2v) is 7.18. The van der Waals surface area contributed by atoms with E-state index in [2.05, 4.69) is 16.7 Å². The van der Waals surface area contributed by atoms with Crippen LogP contribution in [0.2, 0.25) is 0 Å². The number of ether oxygens (including phenoxy) is 3. The Morgan fingerprint density at radius 2 is 1.90 bits per heavy atom. The number of hydrogen-bond acceptors (Lipinski definition) is 6. The Hall–Kier alpha value is -3.26. The van der Waals surface area contributed by atoms with Crippen LogP contribution in [-0.2, 0) is 17.8 Å².